The summed E-state index contributed by atoms with van der Waals surface area (Å²) in [7, 11) is 0. The zero-order chi connectivity index (χ0) is 16.8. The first kappa shape index (κ1) is 18.2. The summed E-state index contributed by atoms with van der Waals surface area (Å²) < 4.78 is 6.75. The molecule has 2 rings (SSSR count). The number of carbonyl (C=O) groups excluding carboxylic acids is 1. The van der Waals surface area contributed by atoms with Gasteiger partial charge in [-0.2, -0.15) is 0 Å². The average molecular weight is 381 g/mol. The van der Waals surface area contributed by atoms with Crippen LogP contribution in [0.25, 0.3) is 6.08 Å². The van der Waals surface area contributed by atoms with Crippen LogP contribution in [-0.2, 0) is 9.53 Å². The van der Waals surface area contributed by atoms with Gasteiger partial charge in [0, 0.05) is 36.2 Å². The largest absolute Gasteiger partial charge is 0.373 e. The SMILES string of the molecule is CC1CN(C(C)CNC(=O)C=Cc2cccc(Br)c2)CC(C)O1. The molecule has 1 aromatic carbocycles. The Bertz CT molecular complexity index is 552. The van der Waals surface area contributed by atoms with Crippen molar-refractivity contribution < 1.29 is 9.53 Å². The van der Waals surface area contributed by atoms with Crippen molar-refractivity contribution in [3.05, 3.63) is 40.4 Å². The molecule has 1 aliphatic rings. The molecule has 0 bridgehead atoms. The third-order valence-electron chi connectivity index (χ3n) is 3.92. The Labute approximate surface area is 147 Å². The van der Waals surface area contributed by atoms with Crippen molar-refractivity contribution in [1.29, 1.82) is 0 Å². The van der Waals surface area contributed by atoms with E-state index in [0.717, 1.165) is 23.1 Å². The van der Waals surface area contributed by atoms with Crippen molar-refractivity contribution in [3.8, 4) is 0 Å². The van der Waals surface area contributed by atoms with Gasteiger partial charge >= 0.3 is 0 Å². The van der Waals surface area contributed by atoms with Gasteiger partial charge in [0.2, 0.25) is 5.91 Å². The predicted octanol–water partition coefficient (Wildman–Crippen LogP) is 3.08. The maximum atomic E-state index is 12.0. The predicted molar refractivity (Wildman–Crippen MR) is 97.2 cm³/mol. The van der Waals surface area contributed by atoms with Crippen LogP contribution in [0.5, 0.6) is 0 Å². The molecule has 23 heavy (non-hydrogen) atoms. The van der Waals surface area contributed by atoms with Crippen molar-refractivity contribution in [3.63, 3.8) is 0 Å². The van der Waals surface area contributed by atoms with Gasteiger partial charge in [0.05, 0.1) is 12.2 Å². The van der Waals surface area contributed by atoms with Gasteiger partial charge in [-0.25, -0.2) is 0 Å². The Morgan fingerprint density at radius 1 is 1.43 bits per heavy atom. The van der Waals surface area contributed by atoms with Crippen LogP contribution in [0.4, 0.5) is 0 Å². The molecule has 5 heteroatoms. The number of ether oxygens (including phenoxy) is 1. The lowest BCUT2D eigenvalue weighted by Crippen LogP contribution is -2.52. The number of nitrogens with one attached hydrogen (secondary N) is 1. The number of hydrogen-bond donors (Lipinski definition) is 1. The van der Waals surface area contributed by atoms with E-state index in [9.17, 15) is 4.79 Å². The standard InChI is InChI=1S/C18H25BrN2O2/c1-13(21-11-14(2)23-15(3)12-21)10-20-18(22)8-7-16-5-4-6-17(19)9-16/h4-9,13-15H,10-12H2,1-3H3,(H,20,22). The molecule has 1 heterocycles. The monoisotopic (exact) mass is 380 g/mol. The summed E-state index contributed by atoms with van der Waals surface area (Å²) in [5.74, 6) is -0.0637. The van der Waals surface area contributed by atoms with E-state index in [1.807, 2.05) is 30.3 Å². The Balaban J connectivity index is 1.79. The molecule has 1 amide bonds. The van der Waals surface area contributed by atoms with Gasteiger partial charge in [0.15, 0.2) is 0 Å². The minimum absolute atomic E-state index is 0.0637. The summed E-state index contributed by atoms with van der Waals surface area (Å²) in [6.07, 6.45) is 3.89. The number of amides is 1. The summed E-state index contributed by atoms with van der Waals surface area (Å²) in [4.78, 5) is 14.3. The minimum Gasteiger partial charge on any atom is -0.373 e. The number of morpholine rings is 1. The molecular formula is C18H25BrN2O2. The quantitative estimate of drug-likeness (QED) is 0.798. The molecule has 1 aromatic rings. The molecule has 0 saturated carbocycles. The van der Waals surface area contributed by atoms with Gasteiger partial charge in [-0.3, -0.25) is 9.69 Å². The van der Waals surface area contributed by atoms with Gasteiger partial charge in [-0.05, 0) is 44.5 Å². The van der Waals surface area contributed by atoms with Crippen molar-refractivity contribution in [2.75, 3.05) is 19.6 Å². The molecule has 3 unspecified atom stereocenters. The highest BCUT2D eigenvalue weighted by Crippen LogP contribution is 2.14. The topological polar surface area (TPSA) is 41.6 Å². The Morgan fingerprint density at radius 2 is 2.13 bits per heavy atom. The molecule has 1 saturated heterocycles. The second-order valence-electron chi connectivity index (χ2n) is 6.19. The van der Waals surface area contributed by atoms with Crippen LogP contribution in [0.15, 0.2) is 34.8 Å². The van der Waals surface area contributed by atoms with Crippen LogP contribution < -0.4 is 5.32 Å². The summed E-state index contributed by atoms with van der Waals surface area (Å²) in [6, 6.07) is 8.15. The molecule has 1 fully saturated rings. The number of halogens is 1. The Morgan fingerprint density at radius 3 is 2.78 bits per heavy atom. The highest BCUT2D eigenvalue weighted by atomic mass is 79.9. The van der Waals surface area contributed by atoms with Crippen molar-refractivity contribution in [2.45, 2.75) is 39.0 Å². The number of benzene rings is 1. The van der Waals surface area contributed by atoms with E-state index < -0.39 is 0 Å². The molecule has 0 radical (unpaired) electrons. The van der Waals surface area contributed by atoms with E-state index >= 15 is 0 Å². The fourth-order valence-electron chi connectivity index (χ4n) is 2.80. The second kappa shape index (κ2) is 8.62. The smallest absolute Gasteiger partial charge is 0.244 e. The lowest BCUT2D eigenvalue weighted by Gasteiger charge is -2.38. The highest BCUT2D eigenvalue weighted by molar-refractivity contribution is 9.10. The fraction of sp³-hybridized carbons (Fsp3) is 0.500. The van der Waals surface area contributed by atoms with Gasteiger partial charge in [-0.15, -0.1) is 0 Å². The summed E-state index contributed by atoms with van der Waals surface area (Å²) in [6.45, 7) is 8.79. The lowest BCUT2D eigenvalue weighted by atomic mass is 10.1. The molecule has 0 aliphatic carbocycles. The third-order valence-corrected chi connectivity index (χ3v) is 4.41. The van der Waals surface area contributed by atoms with E-state index in [2.05, 4.69) is 46.9 Å². The molecule has 1 N–H and O–H groups in total. The number of carbonyl (C=O) groups is 1. The van der Waals surface area contributed by atoms with E-state index in [0.29, 0.717) is 12.6 Å². The van der Waals surface area contributed by atoms with Crippen LogP contribution in [0.2, 0.25) is 0 Å². The van der Waals surface area contributed by atoms with E-state index in [1.54, 1.807) is 6.08 Å². The van der Waals surface area contributed by atoms with Crippen molar-refractivity contribution in [2.24, 2.45) is 0 Å². The zero-order valence-electron chi connectivity index (χ0n) is 14.0. The van der Waals surface area contributed by atoms with Crippen LogP contribution in [0.3, 0.4) is 0 Å². The Hall–Kier alpha value is -1.17. The minimum atomic E-state index is -0.0637. The molecular weight excluding hydrogens is 356 g/mol. The summed E-state index contributed by atoms with van der Waals surface area (Å²) in [5, 5.41) is 2.97. The third kappa shape index (κ3) is 6.09. The van der Waals surface area contributed by atoms with E-state index in [-0.39, 0.29) is 18.1 Å². The maximum Gasteiger partial charge on any atom is 0.244 e. The van der Waals surface area contributed by atoms with Crippen LogP contribution in [-0.4, -0.2) is 48.7 Å². The number of nitrogens with zero attached hydrogens (tertiary/aromatic N) is 1. The van der Waals surface area contributed by atoms with Gasteiger partial charge < -0.3 is 10.1 Å². The second-order valence-corrected chi connectivity index (χ2v) is 7.11. The zero-order valence-corrected chi connectivity index (χ0v) is 15.5. The molecule has 4 nitrogen and oxygen atoms in total. The normalized spacial score (nSPS) is 23.8. The van der Waals surface area contributed by atoms with Crippen molar-refractivity contribution in [1.82, 2.24) is 10.2 Å². The average Bonchev–Trinajstić information content (AvgIpc) is 2.49. The van der Waals surface area contributed by atoms with E-state index in [1.165, 1.54) is 0 Å². The summed E-state index contributed by atoms with van der Waals surface area (Å²) >= 11 is 3.42. The number of rotatable bonds is 5. The van der Waals surface area contributed by atoms with Gasteiger partial charge in [0.1, 0.15) is 0 Å². The highest BCUT2D eigenvalue weighted by Gasteiger charge is 2.25. The first-order valence-corrected chi connectivity index (χ1v) is 8.84. The van der Waals surface area contributed by atoms with Gasteiger partial charge in [-0.1, -0.05) is 28.1 Å². The summed E-state index contributed by atoms with van der Waals surface area (Å²) in [5.41, 5.74) is 0.999. The van der Waals surface area contributed by atoms with Crippen LogP contribution in [0.1, 0.15) is 26.3 Å². The molecule has 3 atom stereocenters. The molecule has 1 aliphatic heterocycles. The van der Waals surface area contributed by atoms with Gasteiger partial charge in [0.25, 0.3) is 0 Å². The van der Waals surface area contributed by atoms with Crippen LogP contribution >= 0.6 is 15.9 Å². The molecule has 126 valence electrons. The molecule has 0 aromatic heterocycles. The molecule has 0 spiro atoms. The first-order valence-electron chi connectivity index (χ1n) is 8.05. The van der Waals surface area contributed by atoms with E-state index in [4.69, 9.17) is 4.74 Å². The maximum absolute atomic E-state index is 12.0. The Kier molecular flexibility index (Phi) is 6.81. The fourth-order valence-corrected chi connectivity index (χ4v) is 3.21. The lowest BCUT2D eigenvalue weighted by molar-refractivity contribution is -0.117. The van der Waals surface area contributed by atoms with Crippen LogP contribution in [0, 0.1) is 0 Å². The number of hydrogen-bond acceptors (Lipinski definition) is 3. The first-order chi connectivity index (χ1) is 10.9. The van der Waals surface area contributed by atoms with Crippen molar-refractivity contribution >= 4 is 27.9 Å².